The zero-order valence-corrected chi connectivity index (χ0v) is 23.6. The van der Waals surface area contributed by atoms with E-state index in [-0.39, 0.29) is 37.3 Å². The largest absolute Gasteiger partial charge is 0.465 e. The predicted molar refractivity (Wildman–Crippen MR) is 152 cm³/mol. The third-order valence-corrected chi connectivity index (χ3v) is 8.00. The average Bonchev–Trinajstić information content (AvgIpc) is 3.59. The van der Waals surface area contributed by atoms with Crippen molar-refractivity contribution >= 4 is 55.6 Å². The molecule has 0 aliphatic rings. The van der Waals surface area contributed by atoms with Gasteiger partial charge in [-0.15, -0.1) is 11.3 Å². The highest BCUT2D eigenvalue weighted by molar-refractivity contribution is 7.18. The van der Waals surface area contributed by atoms with Crippen molar-refractivity contribution in [1.29, 1.82) is 0 Å². The molecule has 14 heteroatoms. The number of benzene rings is 2. The summed E-state index contributed by atoms with van der Waals surface area (Å²) in [4.78, 5) is 42.0. The Bertz CT molecular complexity index is 1830. The lowest BCUT2D eigenvalue weighted by atomic mass is 10.1. The summed E-state index contributed by atoms with van der Waals surface area (Å²) in [5.74, 6) is -0.841. The molecule has 0 aliphatic heterocycles. The first-order valence-electron chi connectivity index (χ1n) is 12.7. The van der Waals surface area contributed by atoms with Gasteiger partial charge in [0.15, 0.2) is 0 Å². The topological polar surface area (TPSA) is 126 Å². The van der Waals surface area contributed by atoms with Crippen LogP contribution < -0.4 is 16.0 Å². The molecule has 0 saturated heterocycles. The molecule has 2 N–H and O–H groups in total. The van der Waals surface area contributed by atoms with Crippen molar-refractivity contribution < 1.29 is 32.2 Å². The van der Waals surface area contributed by atoms with Crippen LogP contribution in [0.5, 0.6) is 5.75 Å². The van der Waals surface area contributed by atoms with E-state index in [2.05, 4.69) is 10.1 Å². The number of aromatic nitrogens is 3. The van der Waals surface area contributed by atoms with Gasteiger partial charge in [-0.25, -0.2) is 9.67 Å². The van der Waals surface area contributed by atoms with Crippen LogP contribution in [0.1, 0.15) is 28.8 Å². The van der Waals surface area contributed by atoms with Gasteiger partial charge in [0.1, 0.15) is 16.8 Å². The summed E-state index contributed by atoms with van der Waals surface area (Å²) < 4.78 is 51.4. The summed E-state index contributed by atoms with van der Waals surface area (Å²) in [6.45, 7) is 1.85. The number of esters is 2. The molecule has 0 saturated carbocycles. The number of hydrogen-bond donors (Lipinski definition) is 1. The van der Waals surface area contributed by atoms with E-state index in [4.69, 9.17) is 15.2 Å². The van der Waals surface area contributed by atoms with Gasteiger partial charge in [-0.05, 0) is 49.2 Å². The van der Waals surface area contributed by atoms with Crippen molar-refractivity contribution in [2.45, 2.75) is 38.5 Å². The fourth-order valence-electron chi connectivity index (χ4n) is 4.24. The summed E-state index contributed by atoms with van der Waals surface area (Å²) in [6.07, 6.45) is -4.48. The van der Waals surface area contributed by atoms with Gasteiger partial charge in [0.25, 0.3) is 5.56 Å². The van der Waals surface area contributed by atoms with E-state index in [1.54, 1.807) is 41.9 Å². The summed E-state index contributed by atoms with van der Waals surface area (Å²) in [5.41, 5.74) is 5.88. The van der Waals surface area contributed by atoms with Crippen LogP contribution in [0, 0.1) is 0 Å². The molecule has 0 unspecified atom stereocenters. The molecule has 5 rings (SSSR count). The number of thiazole rings is 1. The SMILES string of the molecule is CCOC(=O)[C@@H](N)Cc1ccc(OC(=O)Cc2nn(Cc3nc4cc(C(F)(F)F)ccc4s3)c(=O)c3cscc23)cc1. The lowest BCUT2D eigenvalue weighted by Gasteiger charge is -2.11. The molecule has 0 bridgehead atoms. The Morgan fingerprint density at radius 3 is 2.55 bits per heavy atom. The molecular weight excluding hydrogens is 593 g/mol. The Kier molecular flexibility index (Phi) is 8.38. The maximum atomic E-state index is 13.1. The normalized spacial score (nSPS) is 12.5. The number of halogens is 3. The fourth-order valence-corrected chi connectivity index (χ4v) is 6.00. The number of fused-ring (bicyclic) bond motifs is 2. The van der Waals surface area contributed by atoms with Gasteiger partial charge in [0, 0.05) is 16.1 Å². The molecule has 2 aromatic carbocycles. The molecule has 9 nitrogen and oxygen atoms in total. The zero-order valence-electron chi connectivity index (χ0n) is 22.0. The van der Waals surface area contributed by atoms with Crippen molar-refractivity contribution in [2.75, 3.05) is 6.61 Å². The minimum absolute atomic E-state index is 0.0806. The molecule has 0 spiro atoms. The monoisotopic (exact) mass is 616 g/mol. The van der Waals surface area contributed by atoms with Gasteiger partial charge in [-0.3, -0.25) is 14.4 Å². The van der Waals surface area contributed by atoms with Crippen LogP contribution in [0.4, 0.5) is 13.2 Å². The highest BCUT2D eigenvalue weighted by atomic mass is 32.1. The third-order valence-electron chi connectivity index (χ3n) is 6.24. The summed E-state index contributed by atoms with van der Waals surface area (Å²) in [5, 5.41) is 9.03. The fraction of sp³-hybridized carbons (Fsp3) is 0.250. The third kappa shape index (κ3) is 6.50. The maximum Gasteiger partial charge on any atom is 0.416 e. The Morgan fingerprint density at radius 2 is 1.83 bits per heavy atom. The Hall–Kier alpha value is -4.14. The Labute approximate surface area is 244 Å². The first-order chi connectivity index (χ1) is 20.0. The Balaban J connectivity index is 1.32. The number of thiophene rings is 1. The average molecular weight is 617 g/mol. The highest BCUT2D eigenvalue weighted by Crippen LogP contribution is 2.33. The van der Waals surface area contributed by atoms with Gasteiger partial charge < -0.3 is 15.2 Å². The summed E-state index contributed by atoms with van der Waals surface area (Å²) in [7, 11) is 0. The molecule has 42 heavy (non-hydrogen) atoms. The van der Waals surface area contributed by atoms with E-state index in [9.17, 15) is 27.6 Å². The van der Waals surface area contributed by atoms with Gasteiger partial charge in [-0.1, -0.05) is 12.1 Å². The first kappa shape index (κ1) is 29.4. The number of alkyl halides is 3. The van der Waals surface area contributed by atoms with Gasteiger partial charge >= 0.3 is 18.1 Å². The molecule has 0 amide bonds. The highest BCUT2D eigenvalue weighted by Gasteiger charge is 2.31. The number of hydrogen-bond acceptors (Lipinski definition) is 10. The molecule has 0 aliphatic carbocycles. The van der Waals surface area contributed by atoms with E-state index in [0.29, 0.717) is 26.2 Å². The number of rotatable bonds is 9. The quantitative estimate of drug-likeness (QED) is 0.186. The first-order valence-corrected chi connectivity index (χ1v) is 14.4. The van der Waals surface area contributed by atoms with E-state index < -0.39 is 35.3 Å². The molecule has 218 valence electrons. The number of nitrogens with zero attached hydrogens (tertiary/aromatic N) is 3. The van der Waals surface area contributed by atoms with Crippen molar-refractivity contribution in [1.82, 2.24) is 14.8 Å². The molecule has 3 heterocycles. The van der Waals surface area contributed by atoms with E-state index >= 15 is 0 Å². The number of nitrogens with two attached hydrogens (primary N) is 1. The lowest BCUT2D eigenvalue weighted by Crippen LogP contribution is -2.34. The van der Waals surface area contributed by atoms with Crippen LogP contribution in [0.2, 0.25) is 0 Å². The van der Waals surface area contributed by atoms with Crippen molar-refractivity contribution in [3.63, 3.8) is 0 Å². The van der Waals surface area contributed by atoms with Crippen LogP contribution in [-0.4, -0.2) is 39.4 Å². The second-order valence-electron chi connectivity index (χ2n) is 9.25. The standard InChI is InChI=1S/C28H23F3N4O5S2/c1-2-39-27(38)20(32)9-15-3-6-17(7-4-15)40-25(36)11-21-18-13-41-14-19(18)26(37)35(34-21)12-24-33-22-10-16(28(29,30)31)5-8-23(22)42-24/h3-8,10,13-14,20H,2,9,11-12,32H2,1H3/t20-/m0/s1. The maximum absolute atomic E-state index is 13.1. The predicted octanol–water partition coefficient (Wildman–Crippen LogP) is 4.72. The van der Waals surface area contributed by atoms with Crippen molar-refractivity contribution in [3.8, 4) is 5.75 Å². The van der Waals surface area contributed by atoms with Gasteiger partial charge in [-0.2, -0.15) is 29.6 Å². The van der Waals surface area contributed by atoms with Crippen LogP contribution in [0.15, 0.2) is 58.0 Å². The molecule has 0 radical (unpaired) electrons. The van der Waals surface area contributed by atoms with Crippen LogP contribution >= 0.6 is 22.7 Å². The zero-order chi connectivity index (χ0) is 30.0. The number of carbonyl (C=O) groups excluding carboxylic acids is 2. The van der Waals surface area contributed by atoms with Gasteiger partial charge in [0.05, 0.1) is 46.4 Å². The minimum atomic E-state index is -4.50. The Morgan fingerprint density at radius 1 is 1.10 bits per heavy atom. The molecule has 5 aromatic rings. The summed E-state index contributed by atoms with van der Waals surface area (Å²) >= 11 is 2.44. The van der Waals surface area contributed by atoms with Crippen LogP contribution in [0.25, 0.3) is 21.0 Å². The molecule has 1 atom stereocenters. The van der Waals surface area contributed by atoms with E-state index in [0.717, 1.165) is 33.7 Å². The second-order valence-corrected chi connectivity index (χ2v) is 11.1. The van der Waals surface area contributed by atoms with E-state index in [1.807, 2.05) is 0 Å². The smallest absolute Gasteiger partial charge is 0.416 e. The molecule has 3 aromatic heterocycles. The van der Waals surface area contributed by atoms with E-state index in [1.165, 1.54) is 17.4 Å². The van der Waals surface area contributed by atoms with Gasteiger partial charge in [0.2, 0.25) is 0 Å². The van der Waals surface area contributed by atoms with Crippen LogP contribution in [-0.2, 0) is 39.9 Å². The summed E-state index contributed by atoms with van der Waals surface area (Å²) in [6, 6.07) is 9.03. The number of ether oxygens (including phenoxy) is 2. The van der Waals surface area contributed by atoms with Crippen LogP contribution in [0.3, 0.4) is 0 Å². The minimum Gasteiger partial charge on any atom is -0.465 e. The second kappa shape index (κ2) is 12.0. The lowest BCUT2D eigenvalue weighted by molar-refractivity contribution is -0.144. The van der Waals surface area contributed by atoms with Crippen molar-refractivity contribution in [3.05, 3.63) is 85.4 Å². The molecule has 0 fully saturated rings. The number of carbonyl (C=O) groups is 2. The molecular formula is C28H23F3N4O5S2. The van der Waals surface area contributed by atoms with Crippen molar-refractivity contribution in [2.24, 2.45) is 5.73 Å².